The Kier molecular flexibility index (Phi) is 4.05. The summed E-state index contributed by atoms with van der Waals surface area (Å²) in [4.78, 5) is 33.6. The van der Waals surface area contributed by atoms with Gasteiger partial charge in [-0.3, -0.25) is 9.59 Å². The molecule has 6 rings (SSSR count). The fraction of sp³-hybridized carbons (Fsp3) is 0.636. The van der Waals surface area contributed by atoms with Crippen LogP contribution in [-0.4, -0.2) is 40.7 Å². The summed E-state index contributed by atoms with van der Waals surface area (Å²) in [7, 11) is 0. The molecule has 4 heterocycles. The summed E-state index contributed by atoms with van der Waals surface area (Å²) in [5.74, 6) is 1.40. The molecule has 2 aromatic rings. The van der Waals surface area contributed by atoms with Crippen LogP contribution in [0.2, 0.25) is 0 Å². The highest BCUT2D eigenvalue weighted by Crippen LogP contribution is 2.47. The van der Waals surface area contributed by atoms with Gasteiger partial charge in [-0.2, -0.15) is 0 Å². The Labute approximate surface area is 173 Å². The lowest BCUT2D eigenvalue weighted by Crippen LogP contribution is -2.41. The third-order valence-corrected chi connectivity index (χ3v) is 7.51. The van der Waals surface area contributed by atoms with E-state index in [-0.39, 0.29) is 23.4 Å². The predicted octanol–water partition coefficient (Wildman–Crippen LogP) is 2.33. The minimum atomic E-state index is -0.542. The average Bonchev–Trinajstić information content (AvgIpc) is 3.40. The van der Waals surface area contributed by atoms with Gasteiger partial charge >= 0.3 is 0 Å². The van der Waals surface area contributed by atoms with Crippen molar-refractivity contribution in [2.24, 2.45) is 0 Å². The van der Waals surface area contributed by atoms with Gasteiger partial charge < -0.3 is 19.0 Å². The molecule has 0 unspecified atom stereocenters. The molecule has 30 heavy (non-hydrogen) atoms. The van der Waals surface area contributed by atoms with E-state index in [0.29, 0.717) is 49.1 Å². The van der Waals surface area contributed by atoms with E-state index in [1.807, 2.05) is 0 Å². The number of aromatic nitrogens is 3. The zero-order chi connectivity index (χ0) is 20.3. The maximum atomic E-state index is 12.9. The molecule has 0 aromatic carbocycles. The van der Waals surface area contributed by atoms with E-state index in [0.717, 1.165) is 56.2 Å². The third kappa shape index (κ3) is 2.46. The average molecular weight is 411 g/mol. The van der Waals surface area contributed by atoms with Crippen LogP contribution in [0.3, 0.4) is 0 Å². The van der Waals surface area contributed by atoms with E-state index >= 15 is 0 Å². The number of Topliss-reactive ketones (excluding diaryl/α,β-unsaturated/α-hetero) is 1. The van der Waals surface area contributed by atoms with Crippen LogP contribution in [0.25, 0.3) is 11.5 Å². The predicted molar refractivity (Wildman–Crippen MR) is 105 cm³/mol. The largest absolute Gasteiger partial charge is 0.380 e. The van der Waals surface area contributed by atoms with Crippen LogP contribution in [0.1, 0.15) is 67.5 Å². The number of nitrogens with zero attached hydrogens (tertiary/aromatic N) is 2. The number of carbonyl (C=O) groups excluding carboxylic acids is 1. The molecule has 0 radical (unpaired) electrons. The van der Waals surface area contributed by atoms with E-state index in [9.17, 15) is 9.59 Å². The van der Waals surface area contributed by atoms with Crippen molar-refractivity contribution in [2.45, 2.75) is 68.8 Å². The second-order valence-corrected chi connectivity index (χ2v) is 9.22. The highest BCUT2D eigenvalue weighted by Gasteiger charge is 2.49. The second kappa shape index (κ2) is 6.59. The number of aromatic amines is 1. The van der Waals surface area contributed by atoms with Crippen molar-refractivity contribution in [2.75, 3.05) is 19.8 Å². The monoisotopic (exact) mass is 411 g/mol. The van der Waals surface area contributed by atoms with Gasteiger partial charge in [0.25, 0.3) is 5.56 Å². The van der Waals surface area contributed by atoms with Crippen LogP contribution in [0.5, 0.6) is 0 Å². The maximum absolute atomic E-state index is 12.9. The summed E-state index contributed by atoms with van der Waals surface area (Å²) in [5, 5.41) is 4.33. The van der Waals surface area contributed by atoms with Gasteiger partial charge in [0, 0.05) is 18.6 Å². The second-order valence-electron chi connectivity index (χ2n) is 9.22. The fourth-order valence-electron chi connectivity index (χ4n) is 5.89. The summed E-state index contributed by atoms with van der Waals surface area (Å²) < 4.78 is 17.2. The molecule has 1 N–H and O–H groups in total. The lowest BCUT2D eigenvalue weighted by Gasteiger charge is -2.36. The maximum Gasteiger partial charge on any atom is 0.257 e. The molecular weight excluding hydrogens is 386 g/mol. The fourth-order valence-corrected chi connectivity index (χ4v) is 5.89. The molecule has 0 bridgehead atoms. The summed E-state index contributed by atoms with van der Waals surface area (Å²) >= 11 is 0. The molecule has 158 valence electrons. The number of rotatable bonds is 1. The number of H-pyrrole nitrogens is 1. The van der Waals surface area contributed by atoms with Gasteiger partial charge in [-0.1, -0.05) is 11.6 Å². The standard InChI is InChI=1S/C22H25N3O5/c26-15-5-1-2-6-22(15)7-3-4-13-16(25-30-18(13)22)19-23-17-14(20(27)24-19)10-29-12-21(17)8-9-28-11-21/h1-12H2,(H,23,24,27)/t21-,22+/m0/s1. The van der Waals surface area contributed by atoms with Gasteiger partial charge in [-0.25, -0.2) is 4.98 Å². The minimum Gasteiger partial charge on any atom is -0.380 e. The van der Waals surface area contributed by atoms with E-state index in [1.54, 1.807) is 0 Å². The number of ether oxygens (including phenoxy) is 2. The smallest absolute Gasteiger partial charge is 0.257 e. The first-order chi connectivity index (χ1) is 14.6. The Hall–Kier alpha value is -2.32. The number of carbonyl (C=O) groups is 1. The molecule has 2 aliphatic carbocycles. The van der Waals surface area contributed by atoms with Crippen molar-refractivity contribution in [3.8, 4) is 11.5 Å². The number of hydrogen-bond donors (Lipinski definition) is 1. The minimum absolute atomic E-state index is 0.197. The van der Waals surface area contributed by atoms with Gasteiger partial charge in [0.05, 0.1) is 41.9 Å². The molecule has 2 aromatic heterocycles. The van der Waals surface area contributed by atoms with E-state index in [4.69, 9.17) is 19.0 Å². The molecule has 2 spiro atoms. The highest BCUT2D eigenvalue weighted by molar-refractivity contribution is 5.91. The van der Waals surface area contributed by atoms with Gasteiger partial charge in [0.1, 0.15) is 5.78 Å². The third-order valence-electron chi connectivity index (χ3n) is 7.51. The zero-order valence-electron chi connectivity index (χ0n) is 16.9. The first-order valence-electron chi connectivity index (χ1n) is 10.9. The van der Waals surface area contributed by atoms with Crippen LogP contribution in [0, 0.1) is 0 Å². The van der Waals surface area contributed by atoms with E-state index < -0.39 is 5.41 Å². The van der Waals surface area contributed by atoms with Crippen molar-refractivity contribution in [1.29, 1.82) is 0 Å². The zero-order valence-corrected chi connectivity index (χ0v) is 16.9. The normalized spacial score (nSPS) is 30.6. The summed E-state index contributed by atoms with van der Waals surface area (Å²) in [6, 6.07) is 0. The lowest BCUT2D eigenvalue weighted by molar-refractivity contribution is -0.128. The summed E-state index contributed by atoms with van der Waals surface area (Å²) in [6.07, 6.45) is 6.69. The first kappa shape index (κ1) is 18.4. The summed E-state index contributed by atoms with van der Waals surface area (Å²) in [6.45, 7) is 1.90. The Morgan fingerprint density at radius 3 is 2.63 bits per heavy atom. The number of hydrogen-bond acceptors (Lipinski definition) is 7. The van der Waals surface area contributed by atoms with Crippen LogP contribution in [0.4, 0.5) is 0 Å². The molecule has 2 aliphatic heterocycles. The molecule has 0 amide bonds. The van der Waals surface area contributed by atoms with Gasteiger partial charge in [0.2, 0.25) is 0 Å². The van der Waals surface area contributed by atoms with Crippen LogP contribution >= 0.6 is 0 Å². The topological polar surface area (TPSA) is 107 Å². The van der Waals surface area contributed by atoms with Gasteiger partial charge in [-0.05, 0) is 38.5 Å². The Balaban J connectivity index is 1.49. The molecule has 1 saturated heterocycles. The molecule has 2 atom stereocenters. The van der Waals surface area contributed by atoms with Crippen LogP contribution in [-0.2, 0) is 38.1 Å². The van der Waals surface area contributed by atoms with Crippen molar-refractivity contribution >= 4 is 5.78 Å². The Morgan fingerprint density at radius 1 is 0.933 bits per heavy atom. The lowest BCUT2D eigenvalue weighted by atomic mass is 9.64. The van der Waals surface area contributed by atoms with Crippen molar-refractivity contribution in [3.63, 3.8) is 0 Å². The highest BCUT2D eigenvalue weighted by atomic mass is 16.5. The number of nitrogens with one attached hydrogen (secondary N) is 1. The van der Waals surface area contributed by atoms with Crippen molar-refractivity contribution in [1.82, 2.24) is 15.1 Å². The quantitative estimate of drug-likeness (QED) is 0.767. The molecular formula is C22H25N3O5. The van der Waals surface area contributed by atoms with Gasteiger partial charge in [0.15, 0.2) is 17.3 Å². The van der Waals surface area contributed by atoms with Crippen LogP contribution < -0.4 is 5.56 Å². The number of ketones is 1. The van der Waals surface area contributed by atoms with E-state index in [2.05, 4.69) is 10.1 Å². The Bertz CT molecular complexity index is 1080. The summed E-state index contributed by atoms with van der Waals surface area (Å²) in [5.41, 5.74) is 1.73. The molecule has 8 heteroatoms. The van der Waals surface area contributed by atoms with Crippen molar-refractivity contribution < 1.29 is 18.8 Å². The molecule has 2 fully saturated rings. The van der Waals surface area contributed by atoms with E-state index in [1.165, 1.54) is 0 Å². The number of fused-ring (bicyclic) bond motifs is 4. The molecule has 4 aliphatic rings. The van der Waals surface area contributed by atoms with Crippen molar-refractivity contribution in [3.05, 3.63) is 32.9 Å². The Morgan fingerprint density at radius 2 is 1.80 bits per heavy atom. The van der Waals surface area contributed by atoms with Gasteiger partial charge in [-0.15, -0.1) is 0 Å². The van der Waals surface area contributed by atoms with Crippen LogP contribution in [0.15, 0.2) is 9.32 Å². The first-order valence-corrected chi connectivity index (χ1v) is 10.9. The molecule has 8 nitrogen and oxygen atoms in total. The SMILES string of the molecule is O=C1CCCC[C@@]12CCCc1c(-c3nc4c(c(=O)[nH]3)COC[C@@]43CCOC3)noc12. The molecule has 1 saturated carbocycles.